The largest absolute Gasteiger partial charge is 0.280 e. The molecular weight excluding hydrogens is 418 g/mol. The predicted molar refractivity (Wildman–Crippen MR) is 111 cm³/mol. The van der Waals surface area contributed by atoms with Gasteiger partial charge < -0.3 is 0 Å². The second kappa shape index (κ2) is 7.53. The standard InChI is InChI=1S/C18H19N3O4S3/c1-12-10-13(2)17(14(3)11-12)28(24,25)20-15-4-6-16(7-5-15)27(22,23)21-18-19-8-9-26-18/h4-11,20H,1-3H3,(H,19,21). The van der Waals surface area contributed by atoms with E-state index in [0.29, 0.717) is 11.1 Å². The lowest BCUT2D eigenvalue weighted by Crippen LogP contribution is -2.16. The Hall–Kier alpha value is -2.43. The minimum absolute atomic E-state index is 0.00773. The molecule has 0 amide bonds. The summed E-state index contributed by atoms with van der Waals surface area (Å²) in [6.45, 7) is 5.39. The van der Waals surface area contributed by atoms with Crippen LogP contribution in [-0.2, 0) is 20.0 Å². The van der Waals surface area contributed by atoms with E-state index in [1.54, 1.807) is 19.2 Å². The van der Waals surface area contributed by atoms with Crippen LogP contribution in [-0.4, -0.2) is 21.8 Å². The lowest BCUT2D eigenvalue weighted by atomic mass is 10.1. The molecule has 3 aromatic rings. The molecule has 1 aromatic heterocycles. The number of nitrogens with zero attached hydrogens (tertiary/aromatic N) is 1. The van der Waals surface area contributed by atoms with Crippen molar-refractivity contribution in [1.82, 2.24) is 4.98 Å². The van der Waals surface area contributed by atoms with Crippen LogP contribution >= 0.6 is 11.3 Å². The molecule has 0 aliphatic rings. The molecule has 10 heteroatoms. The Bertz CT molecular complexity index is 1180. The molecule has 0 spiro atoms. The van der Waals surface area contributed by atoms with E-state index in [1.807, 2.05) is 19.1 Å². The molecule has 148 valence electrons. The molecule has 0 unspecified atom stereocenters. The first-order valence-corrected chi connectivity index (χ1v) is 12.1. The van der Waals surface area contributed by atoms with Gasteiger partial charge in [-0.25, -0.2) is 21.8 Å². The quantitative estimate of drug-likeness (QED) is 0.612. The Balaban J connectivity index is 1.84. The van der Waals surface area contributed by atoms with Crippen molar-refractivity contribution in [2.24, 2.45) is 0 Å². The molecule has 0 saturated heterocycles. The van der Waals surface area contributed by atoms with Gasteiger partial charge in [0, 0.05) is 17.3 Å². The highest BCUT2D eigenvalue weighted by molar-refractivity contribution is 7.93. The van der Waals surface area contributed by atoms with E-state index in [1.165, 1.54) is 30.5 Å². The normalized spacial score (nSPS) is 12.0. The smallest absolute Gasteiger partial charge is 0.263 e. The van der Waals surface area contributed by atoms with Crippen LogP contribution in [0.15, 0.2) is 57.8 Å². The fourth-order valence-electron chi connectivity index (χ4n) is 2.95. The molecule has 0 saturated carbocycles. The highest BCUT2D eigenvalue weighted by atomic mass is 32.2. The number of rotatable bonds is 6. The number of aryl methyl sites for hydroxylation is 3. The zero-order chi connectivity index (χ0) is 20.5. The van der Waals surface area contributed by atoms with Crippen LogP contribution in [0.4, 0.5) is 10.8 Å². The fraction of sp³-hybridized carbons (Fsp3) is 0.167. The Labute approximate surface area is 168 Å². The number of anilines is 2. The second-order valence-electron chi connectivity index (χ2n) is 6.30. The van der Waals surface area contributed by atoms with Gasteiger partial charge in [0.1, 0.15) is 0 Å². The van der Waals surface area contributed by atoms with Gasteiger partial charge in [0.2, 0.25) is 0 Å². The van der Waals surface area contributed by atoms with Crippen LogP contribution in [0.2, 0.25) is 0 Å². The summed E-state index contributed by atoms with van der Waals surface area (Å²) in [6, 6.07) is 9.11. The Kier molecular flexibility index (Phi) is 5.46. The lowest BCUT2D eigenvalue weighted by molar-refractivity contribution is 0.599. The number of hydrogen-bond acceptors (Lipinski definition) is 6. The molecule has 0 atom stereocenters. The van der Waals surface area contributed by atoms with Crippen molar-refractivity contribution < 1.29 is 16.8 Å². The maximum Gasteiger partial charge on any atom is 0.263 e. The van der Waals surface area contributed by atoms with Gasteiger partial charge in [-0.05, 0) is 56.2 Å². The number of nitrogens with one attached hydrogen (secondary N) is 2. The van der Waals surface area contributed by atoms with Crippen molar-refractivity contribution in [3.05, 3.63) is 64.7 Å². The molecule has 0 aliphatic heterocycles. The average Bonchev–Trinajstić information content (AvgIpc) is 3.05. The molecule has 0 aliphatic carbocycles. The summed E-state index contributed by atoms with van der Waals surface area (Å²) in [7, 11) is -7.60. The van der Waals surface area contributed by atoms with Gasteiger partial charge in [0.15, 0.2) is 5.13 Å². The first-order chi connectivity index (χ1) is 13.1. The average molecular weight is 438 g/mol. The summed E-state index contributed by atoms with van der Waals surface area (Å²) < 4.78 is 55.2. The Morgan fingerprint density at radius 2 is 1.46 bits per heavy atom. The third-order valence-corrected chi connectivity index (χ3v) is 7.80. The van der Waals surface area contributed by atoms with E-state index in [-0.39, 0.29) is 20.6 Å². The lowest BCUT2D eigenvalue weighted by Gasteiger charge is -2.14. The van der Waals surface area contributed by atoms with Gasteiger partial charge in [-0.3, -0.25) is 9.44 Å². The predicted octanol–water partition coefficient (Wildman–Crippen LogP) is 3.67. The van der Waals surface area contributed by atoms with Crippen LogP contribution < -0.4 is 9.44 Å². The summed E-state index contributed by atoms with van der Waals surface area (Å²) in [4.78, 5) is 4.12. The summed E-state index contributed by atoms with van der Waals surface area (Å²) in [5, 5.41) is 1.92. The fourth-order valence-corrected chi connectivity index (χ4v) is 6.25. The number of thiazole rings is 1. The third kappa shape index (κ3) is 4.34. The molecule has 0 fully saturated rings. The third-order valence-electron chi connectivity index (χ3n) is 3.94. The highest BCUT2D eigenvalue weighted by Gasteiger charge is 2.21. The van der Waals surface area contributed by atoms with Gasteiger partial charge in [-0.1, -0.05) is 17.7 Å². The van der Waals surface area contributed by atoms with Crippen molar-refractivity contribution in [2.45, 2.75) is 30.6 Å². The molecule has 2 N–H and O–H groups in total. The van der Waals surface area contributed by atoms with E-state index in [2.05, 4.69) is 14.4 Å². The molecule has 2 aromatic carbocycles. The van der Waals surface area contributed by atoms with Crippen LogP contribution in [0.5, 0.6) is 0 Å². The van der Waals surface area contributed by atoms with Crippen LogP contribution in [0.25, 0.3) is 0 Å². The van der Waals surface area contributed by atoms with E-state index < -0.39 is 20.0 Å². The van der Waals surface area contributed by atoms with Gasteiger partial charge in [-0.2, -0.15) is 0 Å². The van der Waals surface area contributed by atoms with Gasteiger partial charge in [0.05, 0.1) is 9.79 Å². The summed E-state index contributed by atoms with van der Waals surface area (Å²) >= 11 is 1.16. The molecule has 1 heterocycles. The van der Waals surface area contributed by atoms with Crippen LogP contribution in [0.1, 0.15) is 16.7 Å². The minimum atomic E-state index is -3.80. The zero-order valence-corrected chi connectivity index (χ0v) is 17.9. The first kappa shape index (κ1) is 20.3. The maximum absolute atomic E-state index is 12.8. The highest BCUT2D eigenvalue weighted by Crippen LogP contribution is 2.25. The number of sulfonamides is 2. The van der Waals surface area contributed by atoms with Crippen LogP contribution in [0.3, 0.4) is 0 Å². The number of aromatic nitrogens is 1. The topological polar surface area (TPSA) is 105 Å². The molecule has 0 bridgehead atoms. The molecular formula is C18H19N3O4S3. The second-order valence-corrected chi connectivity index (χ2v) is 10.5. The van der Waals surface area contributed by atoms with Crippen molar-refractivity contribution in [3.8, 4) is 0 Å². The molecule has 7 nitrogen and oxygen atoms in total. The number of benzene rings is 2. The Morgan fingerprint density at radius 3 is 2.00 bits per heavy atom. The van der Waals surface area contributed by atoms with Gasteiger partial charge in [-0.15, -0.1) is 11.3 Å². The zero-order valence-electron chi connectivity index (χ0n) is 15.4. The monoisotopic (exact) mass is 437 g/mol. The van der Waals surface area contributed by atoms with Gasteiger partial charge in [0.25, 0.3) is 20.0 Å². The van der Waals surface area contributed by atoms with E-state index in [0.717, 1.165) is 16.9 Å². The summed E-state index contributed by atoms with van der Waals surface area (Å²) in [6.07, 6.45) is 1.50. The molecule has 0 radical (unpaired) electrons. The molecule has 28 heavy (non-hydrogen) atoms. The maximum atomic E-state index is 12.8. The Morgan fingerprint density at radius 1 is 0.857 bits per heavy atom. The van der Waals surface area contributed by atoms with Crippen molar-refractivity contribution in [3.63, 3.8) is 0 Å². The SMILES string of the molecule is Cc1cc(C)c(S(=O)(=O)Nc2ccc(S(=O)(=O)Nc3nccs3)cc2)c(C)c1. The summed E-state index contributed by atoms with van der Waals surface area (Å²) in [5.74, 6) is 0. The van der Waals surface area contributed by atoms with E-state index in [9.17, 15) is 16.8 Å². The van der Waals surface area contributed by atoms with E-state index >= 15 is 0 Å². The van der Waals surface area contributed by atoms with E-state index in [4.69, 9.17) is 0 Å². The van der Waals surface area contributed by atoms with Crippen molar-refractivity contribution in [2.75, 3.05) is 9.44 Å². The van der Waals surface area contributed by atoms with Crippen molar-refractivity contribution >= 4 is 42.2 Å². The van der Waals surface area contributed by atoms with Crippen LogP contribution in [0, 0.1) is 20.8 Å². The van der Waals surface area contributed by atoms with Crippen molar-refractivity contribution in [1.29, 1.82) is 0 Å². The molecule has 3 rings (SSSR count). The minimum Gasteiger partial charge on any atom is -0.280 e. The first-order valence-electron chi connectivity index (χ1n) is 8.21. The van der Waals surface area contributed by atoms with Gasteiger partial charge >= 0.3 is 0 Å². The number of hydrogen-bond donors (Lipinski definition) is 2. The summed E-state index contributed by atoms with van der Waals surface area (Å²) in [5.41, 5.74) is 2.55.